The molecule has 0 aliphatic heterocycles. The number of carboxylic acid groups (broad SMARTS) is 1. The predicted octanol–water partition coefficient (Wildman–Crippen LogP) is 4.48. The van der Waals surface area contributed by atoms with Crippen LogP contribution in [0, 0.1) is 5.82 Å². The quantitative estimate of drug-likeness (QED) is 0.882. The molecule has 1 N–H and O–H groups in total. The van der Waals surface area contributed by atoms with Gasteiger partial charge < -0.3 is 10.0 Å². The summed E-state index contributed by atoms with van der Waals surface area (Å²) in [5.74, 6) is -1.32. The van der Waals surface area contributed by atoms with Crippen LogP contribution in [0.5, 0.6) is 0 Å². The van der Waals surface area contributed by atoms with Crippen LogP contribution in [-0.4, -0.2) is 18.1 Å². The molecule has 0 amide bonds. The molecule has 0 radical (unpaired) electrons. The van der Waals surface area contributed by atoms with Crippen molar-refractivity contribution in [3.05, 3.63) is 63.9 Å². The maximum absolute atomic E-state index is 13.9. The molecule has 1 atom stereocenters. The van der Waals surface area contributed by atoms with Crippen LogP contribution in [0.1, 0.15) is 28.9 Å². The van der Waals surface area contributed by atoms with Gasteiger partial charge in [-0.15, -0.1) is 0 Å². The monoisotopic (exact) mass is 351 g/mol. The van der Waals surface area contributed by atoms with E-state index in [1.165, 1.54) is 6.07 Å². The second kappa shape index (κ2) is 6.26. The number of aromatic carboxylic acids is 1. The van der Waals surface area contributed by atoms with E-state index in [0.717, 1.165) is 0 Å². The maximum Gasteiger partial charge on any atom is 0.337 e. The van der Waals surface area contributed by atoms with Crippen LogP contribution in [0.25, 0.3) is 0 Å². The number of benzene rings is 2. The lowest BCUT2D eigenvalue weighted by Gasteiger charge is -2.29. The average Bonchev–Trinajstić information content (AvgIpc) is 2.46. The van der Waals surface area contributed by atoms with E-state index in [1.807, 2.05) is 6.92 Å². The smallest absolute Gasteiger partial charge is 0.337 e. The van der Waals surface area contributed by atoms with Crippen molar-refractivity contribution >= 4 is 27.6 Å². The van der Waals surface area contributed by atoms with E-state index in [4.69, 9.17) is 0 Å². The number of hydrogen-bond acceptors (Lipinski definition) is 2. The Morgan fingerprint density at radius 2 is 1.95 bits per heavy atom. The molecular weight excluding hydrogens is 337 g/mol. The van der Waals surface area contributed by atoms with Gasteiger partial charge in [0.05, 0.1) is 17.3 Å². The summed E-state index contributed by atoms with van der Waals surface area (Å²) in [7, 11) is 1.76. The Morgan fingerprint density at radius 1 is 1.29 bits per heavy atom. The molecule has 0 aliphatic carbocycles. The summed E-state index contributed by atoms with van der Waals surface area (Å²) in [5.41, 5.74) is 1.25. The van der Waals surface area contributed by atoms with Crippen LogP contribution in [-0.2, 0) is 0 Å². The number of nitrogens with zero attached hydrogens (tertiary/aromatic N) is 1. The summed E-state index contributed by atoms with van der Waals surface area (Å²) in [6.45, 7) is 1.84. The normalized spacial score (nSPS) is 12.0. The molecule has 2 rings (SSSR count). The number of anilines is 1. The number of rotatable bonds is 4. The third kappa shape index (κ3) is 3.24. The van der Waals surface area contributed by atoms with E-state index in [-0.39, 0.29) is 17.4 Å². The number of carboxylic acids is 1. The SMILES string of the molecule is CC(c1ccccc1F)N(C)c1ccc(Br)cc1C(=O)O. The van der Waals surface area contributed by atoms with Gasteiger partial charge in [0.15, 0.2) is 0 Å². The van der Waals surface area contributed by atoms with E-state index in [2.05, 4.69) is 15.9 Å². The van der Waals surface area contributed by atoms with Crippen LogP contribution < -0.4 is 4.90 Å². The number of halogens is 2. The van der Waals surface area contributed by atoms with Crippen molar-refractivity contribution in [2.75, 3.05) is 11.9 Å². The Labute approximate surface area is 131 Å². The standard InChI is InChI=1S/C16H15BrFNO2/c1-10(12-5-3-4-6-14(12)18)19(2)15-8-7-11(17)9-13(15)16(20)21/h3-10H,1-2H3,(H,20,21). The van der Waals surface area contributed by atoms with Crippen molar-refractivity contribution in [2.45, 2.75) is 13.0 Å². The van der Waals surface area contributed by atoms with Crippen LogP contribution in [0.4, 0.5) is 10.1 Å². The fraction of sp³-hybridized carbons (Fsp3) is 0.188. The average molecular weight is 352 g/mol. The molecule has 21 heavy (non-hydrogen) atoms. The molecule has 2 aromatic carbocycles. The summed E-state index contributed by atoms with van der Waals surface area (Å²) in [4.78, 5) is 13.1. The van der Waals surface area contributed by atoms with Gasteiger partial charge in [-0.1, -0.05) is 34.1 Å². The van der Waals surface area contributed by atoms with Crippen LogP contribution in [0.15, 0.2) is 46.9 Å². The zero-order valence-corrected chi connectivity index (χ0v) is 13.3. The van der Waals surface area contributed by atoms with Gasteiger partial charge in [-0.05, 0) is 31.2 Å². The van der Waals surface area contributed by atoms with Crippen molar-refractivity contribution < 1.29 is 14.3 Å². The van der Waals surface area contributed by atoms with E-state index < -0.39 is 5.97 Å². The first-order valence-electron chi connectivity index (χ1n) is 6.42. The molecule has 0 heterocycles. The van der Waals surface area contributed by atoms with Crippen molar-refractivity contribution in [2.24, 2.45) is 0 Å². The minimum Gasteiger partial charge on any atom is -0.478 e. The highest BCUT2D eigenvalue weighted by atomic mass is 79.9. The number of carbonyl (C=O) groups is 1. The lowest BCUT2D eigenvalue weighted by atomic mass is 10.0. The van der Waals surface area contributed by atoms with Crippen LogP contribution >= 0.6 is 15.9 Å². The lowest BCUT2D eigenvalue weighted by Crippen LogP contribution is -2.24. The Morgan fingerprint density at radius 3 is 2.57 bits per heavy atom. The van der Waals surface area contributed by atoms with Gasteiger partial charge in [0.1, 0.15) is 5.82 Å². The molecule has 5 heteroatoms. The van der Waals surface area contributed by atoms with Crippen molar-refractivity contribution in [3.8, 4) is 0 Å². The maximum atomic E-state index is 13.9. The Balaban J connectivity index is 2.43. The number of hydrogen-bond donors (Lipinski definition) is 1. The molecule has 1 unspecified atom stereocenters. The summed E-state index contributed by atoms with van der Waals surface area (Å²) < 4.78 is 14.6. The van der Waals surface area contributed by atoms with E-state index in [1.54, 1.807) is 48.3 Å². The first-order valence-corrected chi connectivity index (χ1v) is 7.21. The largest absolute Gasteiger partial charge is 0.478 e. The Bertz CT molecular complexity index is 675. The fourth-order valence-electron chi connectivity index (χ4n) is 2.22. The topological polar surface area (TPSA) is 40.5 Å². The van der Waals surface area contributed by atoms with Crippen LogP contribution in [0.2, 0.25) is 0 Å². The minimum atomic E-state index is -1.01. The molecule has 0 saturated heterocycles. The summed E-state index contributed by atoms with van der Waals surface area (Å²) in [6.07, 6.45) is 0. The fourth-order valence-corrected chi connectivity index (χ4v) is 2.58. The van der Waals surface area contributed by atoms with Gasteiger partial charge in [0, 0.05) is 17.1 Å². The second-order valence-electron chi connectivity index (χ2n) is 4.78. The molecule has 0 aromatic heterocycles. The second-order valence-corrected chi connectivity index (χ2v) is 5.69. The van der Waals surface area contributed by atoms with Crippen molar-refractivity contribution in [1.29, 1.82) is 0 Å². The Kier molecular flexibility index (Phi) is 4.63. The van der Waals surface area contributed by atoms with Gasteiger partial charge in [-0.3, -0.25) is 0 Å². The zero-order chi connectivity index (χ0) is 15.6. The van der Waals surface area contributed by atoms with Gasteiger partial charge in [0.2, 0.25) is 0 Å². The molecule has 0 aliphatic rings. The third-order valence-corrected chi connectivity index (χ3v) is 4.00. The third-order valence-electron chi connectivity index (χ3n) is 3.51. The summed E-state index contributed by atoms with van der Waals surface area (Å²) >= 11 is 3.27. The molecule has 2 aromatic rings. The molecule has 3 nitrogen and oxygen atoms in total. The van der Waals surface area contributed by atoms with E-state index in [9.17, 15) is 14.3 Å². The highest BCUT2D eigenvalue weighted by Gasteiger charge is 2.20. The Hall–Kier alpha value is -1.88. The van der Waals surface area contributed by atoms with Gasteiger partial charge in [-0.2, -0.15) is 0 Å². The molecule has 0 bridgehead atoms. The lowest BCUT2D eigenvalue weighted by molar-refractivity contribution is 0.0697. The van der Waals surface area contributed by atoms with Gasteiger partial charge in [-0.25, -0.2) is 9.18 Å². The van der Waals surface area contributed by atoms with Crippen LogP contribution in [0.3, 0.4) is 0 Å². The highest BCUT2D eigenvalue weighted by molar-refractivity contribution is 9.10. The predicted molar refractivity (Wildman–Crippen MR) is 84.3 cm³/mol. The first-order chi connectivity index (χ1) is 9.91. The highest BCUT2D eigenvalue weighted by Crippen LogP contribution is 2.31. The van der Waals surface area contributed by atoms with E-state index in [0.29, 0.717) is 15.7 Å². The van der Waals surface area contributed by atoms with E-state index >= 15 is 0 Å². The molecule has 110 valence electrons. The van der Waals surface area contributed by atoms with Gasteiger partial charge >= 0.3 is 5.97 Å². The molecule has 0 spiro atoms. The first kappa shape index (κ1) is 15.5. The molecule has 0 fully saturated rings. The zero-order valence-electron chi connectivity index (χ0n) is 11.7. The molecule has 0 saturated carbocycles. The minimum absolute atomic E-state index is 0.176. The summed E-state index contributed by atoms with van der Waals surface area (Å²) in [6, 6.07) is 11.2. The molecular formula is C16H15BrFNO2. The van der Waals surface area contributed by atoms with Crippen molar-refractivity contribution in [3.63, 3.8) is 0 Å². The van der Waals surface area contributed by atoms with Crippen molar-refractivity contribution in [1.82, 2.24) is 0 Å². The summed E-state index contributed by atoms with van der Waals surface area (Å²) in [5, 5.41) is 9.32. The van der Waals surface area contributed by atoms with Gasteiger partial charge in [0.25, 0.3) is 0 Å².